The lowest BCUT2D eigenvalue weighted by Crippen LogP contribution is -2.27. The Kier molecular flexibility index (Phi) is 1.54. The van der Waals surface area contributed by atoms with Crippen LogP contribution in [0.25, 0.3) is 0 Å². The average Bonchev–Trinajstić information content (AvgIpc) is 2.17. The fourth-order valence-corrected chi connectivity index (χ4v) is 0.944. The summed E-state index contributed by atoms with van der Waals surface area (Å²) in [4.78, 5) is 0. The first-order chi connectivity index (χ1) is 3.77. The molecule has 0 aromatic carbocycles. The summed E-state index contributed by atoms with van der Waals surface area (Å²) < 4.78 is 0. The zero-order valence-electron chi connectivity index (χ0n) is 5.35. The molecule has 47 valence electrons. The highest BCUT2D eigenvalue weighted by molar-refractivity contribution is 4.83. The molecular weight excluding hydrogens is 100 g/mol. The van der Waals surface area contributed by atoms with Crippen LogP contribution in [0.5, 0.6) is 0 Å². The SMILES string of the molecule is CC1(CN)CC[N]C1. The van der Waals surface area contributed by atoms with Crippen molar-refractivity contribution in [3.63, 3.8) is 0 Å². The van der Waals surface area contributed by atoms with Gasteiger partial charge < -0.3 is 5.73 Å². The van der Waals surface area contributed by atoms with Gasteiger partial charge in [0.05, 0.1) is 0 Å². The van der Waals surface area contributed by atoms with Gasteiger partial charge in [-0.05, 0) is 18.4 Å². The molecule has 0 aromatic rings. The third kappa shape index (κ3) is 1.01. The van der Waals surface area contributed by atoms with E-state index in [2.05, 4.69) is 12.2 Å². The summed E-state index contributed by atoms with van der Waals surface area (Å²) in [5.74, 6) is 0. The molecule has 0 saturated carbocycles. The highest BCUT2D eigenvalue weighted by Gasteiger charge is 2.26. The molecule has 0 amide bonds. The zero-order chi connectivity index (χ0) is 6.04. The van der Waals surface area contributed by atoms with Crippen LogP contribution in [0.15, 0.2) is 0 Å². The third-order valence-electron chi connectivity index (χ3n) is 1.86. The van der Waals surface area contributed by atoms with Crippen molar-refractivity contribution >= 4 is 0 Å². The summed E-state index contributed by atoms with van der Waals surface area (Å²) in [7, 11) is 0. The smallest absolute Gasteiger partial charge is 0.0199 e. The van der Waals surface area contributed by atoms with Gasteiger partial charge in [-0.1, -0.05) is 6.92 Å². The van der Waals surface area contributed by atoms with Gasteiger partial charge in [0.1, 0.15) is 0 Å². The van der Waals surface area contributed by atoms with Crippen molar-refractivity contribution in [3.8, 4) is 0 Å². The molecule has 8 heavy (non-hydrogen) atoms. The highest BCUT2D eigenvalue weighted by atomic mass is 14.9. The van der Waals surface area contributed by atoms with E-state index in [1.807, 2.05) is 0 Å². The molecule has 2 N–H and O–H groups in total. The van der Waals surface area contributed by atoms with E-state index in [0.29, 0.717) is 5.41 Å². The van der Waals surface area contributed by atoms with E-state index < -0.39 is 0 Å². The lowest BCUT2D eigenvalue weighted by Gasteiger charge is -2.17. The van der Waals surface area contributed by atoms with Gasteiger partial charge in [0.25, 0.3) is 0 Å². The Morgan fingerprint density at radius 2 is 2.50 bits per heavy atom. The van der Waals surface area contributed by atoms with E-state index in [4.69, 9.17) is 5.73 Å². The summed E-state index contributed by atoms with van der Waals surface area (Å²) in [6, 6.07) is 0. The Hall–Kier alpha value is -0.0800. The molecular formula is C6H13N2. The van der Waals surface area contributed by atoms with Gasteiger partial charge in [-0.25, -0.2) is 5.32 Å². The maximum atomic E-state index is 5.51. The summed E-state index contributed by atoms with van der Waals surface area (Å²) in [6.07, 6.45) is 1.18. The van der Waals surface area contributed by atoms with Crippen molar-refractivity contribution in [2.75, 3.05) is 19.6 Å². The quantitative estimate of drug-likeness (QED) is 0.509. The van der Waals surface area contributed by atoms with Gasteiger partial charge in [0, 0.05) is 13.1 Å². The molecule has 1 unspecified atom stereocenters. The normalized spacial score (nSPS) is 38.2. The number of hydrogen-bond acceptors (Lipinski definition) is 1. The van der Waals surface area contributed by atoms with Gasteiger partial charge in [0.15, 0.2) is 0 Å². The molecule has 2 heteroatoms. The van der Waals surface area contributed by atoms with Crippen LogP contribution in [-0.2, 0) is 0 Å². The molecule has 1 fully saturated rings. The van der Waals surface area contributed by atoms with Crippen LogP contribution in [0.2, 0.25) is 0 Å². The Labute approximate surface area is 50.4 Å². The van der Waals surface area contributed by atoms with E-state index in [-0.39, 0.29) is 0 Å². The fraction of sp³-hybridized carbons (Fsp3) is 1.00. The van der Waals surface area contributed by atoms with Gasteiger partial charge in [-0.3, -0.25) is 0 Å². The maximum absolute atomic E-state index is 5.51. The van der Waals surface area contributed by atoms with Crippen LogP contribution in [0.4, 0.5) is 0 Å². The van der Waals surface area contributed by atoms with E-state index in [9.17, 15) is 0 Å². The van der Waals surface area contributed by atoms with Crippen molar-refractivity contribution in [2.45, 2.75) is 13.3 Å². The Morgan fingerprint density at radius 1 is 1.75 bits per heavy atom. The van der Waals surface area contributed by atoms with Gasteiger partial charge >= 0.3 is 0 Å². The van der Waals surface area contributed by atoms with Crippen molar-refractivity contribution in [1.82, 2.24) is 5.32 Å². The van der Waals surface area contributed by atoms with Crippen LogP contribution in [0.3, 0.4) is 0 Å². The number of nitrogens with two attached hydrogens (primary N) is 1. The van der Waals surface area contributed by atoms with E-state index in [1.165, 1.54) is 6.42 Å². The summed E-state index contributed by atoms with van der Waals surface area (Å²) in [5.41, 5.74) is 5.86. The monoisotopic (exact) mass is 113 g/mol. The lowest BCUT2D eigenvalue weighted by molar-refractivity contribution is 0.378. The largest absolute Gasteiger partial charge is 0.330 e. The van der Waals surface area contributed by atoms with Gasteiger partial charge in [0.2, 0.25) is 0 Å². The Bertz CT molecular complexity index is 74.6. The topological polar surface area (TPSA) is 40.1 Å². The van der Waals surface area contributed by atoms with Crippen molar-refractivity contribution in [3.05, 3.63) is 0 Å². The van der Waals surface area contributed by atoms with Gasteiger partial charge in [-0.2, -0.15) is 0 Å². The minimum Gasteiger partial charge on any atom is -0.330 e. The fourth-order valence-electron chi connectivity index (χ4n) is 0.944. The van der Waals surface area contributed by atoms with Crippen molar-refractivity contribution in [2.24, 2.45) is 11.1 Å². The second-order valence-corrected chi connectivity index (χ2v) is 2.87. The molecule has 1 radical (unpaired) electrons. The lowest BCUT2D eigenvalue weighted by atomic mass is 9.90. The predicted molar refractivity (Wildman–Crippen MR) is 33.6 cm³/mol. The predicted octanol–water partition coefficient (Wildman–Crippen LogP) is -0.0405. The van der Waals surface area contributed by atoms with Crippen LogP contribution < -0.4 is 11.1 Å². The standard InChI is InChI=1S/C6H13N2/c1-6(4-7)2-3-8-5-6/h2-5,7H2,1H3. The summed E-state index contributed by atoms with van der Waals surface area (Å²) >= 11 is 0. The number of hydrogen-bond donors (Lipinski definition) is 1. The van der Waals surface area contributed by atoms with Crippen LogP contribution in [-0.4, -0.2) is 19.6 Å². The van der Waals surface area contributed by atoms with Crippen LogP contribution in [0.1, 0.15) is 13.3 Å². The van der Waals surface area contributed by atoms with E-state index in [1.54, 1.807) is 0 Å². The summed E-state index contributed by atoms with van der Waals surface area (Å²) in [6.45, 7) is 4.98. The minimum absolute atomic E-state index is 0.347. The highest BCUT2D eigenvalue weighted by Crippen LogP contribution is 2.22. The molecule has 1 aliphatic heterocycles. The van der Waals surface area contributed by atoms with E-state index >= 15 is 0 Å². The molecule has 1 heterocycles. The molecule has 1 rings (SSSR count). The Balaban J connectivity index is 2.40. The third-order valence-corrected chi connectivity index (χ3v) is 1.86. The molecule has 1 saturated heterocycles. The summed E-state index contributed by atoms with van der Waals surface area (Å²) in [5, 5.41) is 4.23. The van der Waals surface area contributed by atoms with Crippen molar-refractivity contribution in [1.29, 1.82) is 0 Å². The van der Waals surface area contributed by atoms with Gasteiger partial charge in [-0.15, -0.1) is 0 Å². The minimum atomic E-state index is 0.347. The zero-order valence-corrected chi connectivity index (χ0v) is 5.35. The molecule has 0 aliphatic carbocycles. The first-order valence-corrected chi connectivity index (χ1v) is 3.10. The first kappa shape index (κ1) is 6.05. The average molecular weight is 113 g/mol. The number of rotatable bonds is 1. The first-order valence-electron chi connectivity index (χ1n) is 3.10. The van der Waals surface area contributed by atoms with Crippen molar-refractivity contribution < 1.29 is 0 Å². The molecule has 2 nitrogen and oxygen atoms in total. The molecule has 1 aliphatic rings. The Morgan fingerprint density at radius 3 is 2.75 bits per heavy atom. The maximum Gasteiger partial charge on any atom is 0.0199 e. The molecule has 1 atom stereocenters. The molecule has 0 bridgehead atoms. The van der Waals surface area contributed by atoms with Crippen LogP contribution in [0, 0.1) is 5.41 Å². The second kappa shape index (κ2) is 2.03. The van der Waals surface area contributed by atoms with E-state index in [0.717, 1.165) is 19.6 Å². The number of nitrogens with zero attached hydrogens (tertiary/aromatic N) is 1. The second-order valence-electron chi connectivity index (χ2n) is 2.87. The van der Waals surface area contributed by atoms with Crippen LogP contribution >= 0.6 is 0 Å². The molecule has 0 aromatic heterocycles. The molecule has 0 spiro atoms.